The van der Waals surface area contributed by atoms with Crippen molar-refractivity contribution in [1.29, 1.82) is 0 Å². The van der Waals surface area contributed by atoms with E-state index < -0.39 is 0 Å². The molecule has 0 saturated carbocycles. The second-order valence-electron chi connectivity index (χ2n) is 6.86. The summed E-state index contributed by atoms with van der Waals surface area (Å²) in [6.45, 7) is 0. The first kappa shape index (κ1) is 16.6. The zero-order valence-electron chi connectivity index (χ0n) is 15.7. The first-order chi connectivity index (χ1) is 13.8. The Morgan fingerprint density at radius 3 is 2.11 bits per heavy atom. The van der Waals surface area contributed by atoms with Gasteiger partial charge < -0.3 is 9.47 Å². The fourth-order valence-corrected chi connectivity index (χ4v) is 4.26. The van der Waals surface area contributed by atoms with Gasteiger partial charge in [0.1, 0.15) is 6.29 Å². The molecule has 0 unspecified atom stereocenters. The van der Waals surface area contributed by atoms with Gasteiger partial charge in [0.2, 0.25) is 0 Å². The Balaban J connectivity index is 2.17. The summed E-state index contributed by atoms with van der Waals surface area (Å²) in [5, 5.41) is 8.62. The molecule has 0 spiro atoms. The van der Waals surface area contributed by atoms with Crippen LogP contribution < -0.4 is 9.47 Å². The predicted molar refractivity (Wildman–Crippen MR) is 115 cm³/mol. The maximum atomic E-state index is 11.5. The van der Waals surface area contributed by atoms with Crippen LogP contribution in [0.5, 0.6) is 11.5 Å². The molecule has 5 rings (SSSR count). The van der Waals surface area contributed by atoms with Crippen LogP contribution in [0.1, 0.15) is 10.4 Å². The molecule has 3 nitrogen and oxygen atoms in total. The smallest absolute Gasteiger partial charge is 0.169 e. The molecule has 0 aromatic heterocycles. The number of methoxy groups -OCH3 is 2. The summed E-state index contributed by atoms with van der Waals surface area (Å²) < 4.78 is 11.5. The van der Waals surface area contributed by atoms with E-state index in [1.54, 1.807) is 14.2 Å². The second-order valence-corrected chi connectivity index (χ2v) is 6.86. The van der Waals surface area contributed by atoms with Gasteiger partial charge in [-0.1, -0.05) is 48.5 Å². The molecule has 0 aliphatic rings. The lowest BCUT2D eigenvalue weighted by Gasteiger charge is -2.17. The van der Waals surface area contributed by atoms with Gasteiger partial charge in [-0.15, -0.1) is 0 Å². The number of benzene rings is 5. The first-order valence-electron chi connectivity index (χ1n) is 9.14. The topological polar surface area (TPSA) is 35.5 Å². The van der Waals surface area contributed by atoms with E-state index in [4.69, 9.17) is 9.47 Å². The zero-order chi connectivity index (χ0) is 19.3. The fourth-order valence-electron chi connectivity index (χ4n) is 4.26. The summed E-state index contributed by atoms with van der Waals surface area (Å²) in [6.07, 6.45) is 0.880. The van der Waals surface area contributed by atoms with Crippen LogP contribution >= 0.6 is 0 Å². The number of carbonyl (C=O) groups is 1. The summed E-state index contributed by atoms with van der Waals surface area (Å²) >= 11 is 0. The fraction of sp³-hybridized carbons (Fsp3) is 0.0800. The first-order valence-corrected chi connectivity index (χ1v) is 9.14. The van der Waals surface area contributed by atoms with Crippen LogP contribution in [0.25, 0.3) is 43.1 Å². The van der Waals surface area contributed by atoms with Crippen LogP contribution in [0.2, 0.25) is 0 Å². The second kappa shape index (κ2) is 6.24. The molecular weight excluding hydrogens is 348 g/mol. The molecule has 5 aromatic rings. The Bertz CT molecular complexity index is 1400. The minimum Gasteiger partial charge on any atom is -0.492 e. The third-order valence-electron chi connectivity index (χ3n) is 5.46. The molecular formula is C25H18O3. The lowest BCUT2D eigenvalue weighted by molar-refractivity contribution is 0.112. The maximum Gasteiger partial charge on any atom is 0.169 e. The third-order valence-corrected chi connectivity index (χ3v) is 5.46. The van der Waals surface area contributed by atoms with E-state index in [0.717, 1.165) is 38.6 Å². The van der Waals surface area contributed by atoms with Gasteiger partial charge in [-0.05, 0) is 45.1 Å². The van der Waals surface area contributed by atoms with Crippen LogP contribution in [0, 0.1) is 0 Å². The minimum absolute atomic E-state index is 0.637. The molecule has 3 heteroatoms. The summed E-state index contributed by atoms with van der Waals surface area (Å²) in [4.78, 5) is 11.5. The Morgan fingerprint density at radius 1 is 0.643 bits per heavy atom. The maximum absolute atomic E-state index is 11.5. The highest BCUT2D eigenvalue weighted by Gasteiger charge is 2.19. The van der Waals surface area contributed by atoms with Crippen molar-refractivity contribution in [3.8, 4) is 11.5 Å². The number of rotatable bonds is 3. The number of hydrogen-bond donors (Lipinski definition) is 0. The van der Waals surface area contributed by atoms with E-state index in [1.807, 2.05) is 24.3 Å². The van der Waals surface area contributed by atoms with E-state index in [-0.39, 0.29) is 0 Å². The Labute approximate surface area is 162 Å². The molecule has 0 bridgehead atoms. The minimum atomic E-state index is 0.637. The lowest BCUT2D eigenvalue weighted by Crippen LogP contribution is -1.95. The normalized spacial score (nSPS) is 11.4. The molecule has 0 heterocycles. The van der Waals surface area contributed by atoms with Gasteiger partial charge in [0, 0.05) is 21.7 Å². The molecule has 0 saturated heterocycles. The van der Waals surface area contributed by atoms with E-state index in [0.29, 0.717) is 17.1 Å². The van der Waals surface area contributed by atoms with Crippen molar-refractivity contribution in [1.82, 2.24) is 0 Å². The van der Waals surface area contributed by atoms with E-state index >= 15 is 0 Å². The van der Waals surface area contributed by atoms with Crippen molar-refractivity contribution in [2.45, 2.75) is 0 Å². The average Bonchev–Trinajstić information content (AvgIpc) is 2.76. The van der Waals surface area contributed by atoms with Crippen LogP contribution in [-0.4, -0.2) is 20.5 Å². The predicted octanol–water partition coefficient (Wildman–Crippen LogP) is 6.13. The van der Waals surface area contributed by atoms with Crippen LogP contribution in [0.3, 0.4) is 0 Å². The molecule has 0 aliphatic carbocycles. The average molecular weight is 366 g/mol. The number of carbonyl (C=O) groups excluding carboxylic acids is 1. The zero-order valence-corrected chi connectivity index (χ0v) is 15.7. The quantitative estimate of drug-likeness (QED) is 0.285. The van der Waals surface area contributed by atoms with Crippen molar-refractivity contribution in [3.63, 3.8) is 0 Å². The van der Waals surface area contributed by atoms with E-state index in [2.05, 4.69) is 42.5 Å². The third kappa shape index (κ3) is 2.20. The Kier molecular flexibility index (Phi) is 3.69. The summed E-state index contributed by atoms with van der Waals surface area (Å²) in [7, 11) is 3.31. The van der Waals surface area contributed by atoms with E-state index in [1.165, 1.54) is 10.8 Å². The highest BCUT2D eigenvalue weighted by molar-refractivity contribution is 6.30. The lowest BCUT2D eigenvalue weighted by atomic mass is 9.91. The molecule has 5 aromatic carbocycles. The van der Waals surface area contributed by atoms with Crippen molar-refractivity contribution in [2.75, 3.05) is 14.2 Å². The van der Waals surface area contributed by atoms with Gasteiger partial charge in [0.15, 0.2) is 11.5 Å². The number of hydrogen-bond acceptors (Lipinski definition) is 3. The van der Waals surface area contributed by atoms with E-state index in [9.17, 15) is 4.79 Å². The highest BCUT2D eigenvalue weighted by atomic mass is 16.5. The molecule has 28 heavy (non-hydrogen) atoms. The molecule has 0 fully saturated rings. The number of ether oxygens (including phenoxy) is 2. The van der Waals surface area contributed by atoms with Gasteiger partial charge in [-0.3, -0.25) is 4.79 Å². The molecule has 0 amide bonds. The number of fused-ring (bicyclic) bond motifs is 7. The van der Waals surface area contributed by atoms with Crippen LogP contribution in [0.15, 0.2) is 66.7 Å². The SMILES string of the molecule is COc1c(OC)c2ccc3ccc4ccccc4c3c2c2cc(C=O)ccc12. The molecule has 0 radical (unpaired) electrons. The van der Waals surface area contributed by atoms with Gasteiger partial charge in [0.25, 0.3) is 0 Å². The van der Waals surface area contributed by atoms with Gasteiger partial charge in [0.05, 0.1) is 14.2 Å². The molecule has 136 valence electrons. The Morgan fingerprint density at radius 2 is 1.32 bits per heavy atom. The summed E-state index contributed by atoms with van der Waals surface area (Å²) in [6, 6.07) is 22.5. The van der Waals surface area contributed by atoms with Gasteiger partial charge >= 0.3 is 0 Å². The van der Waals surface area contributed by atoms with Crippen LogP contribution in [-0.2, 0) is 0 Å². The van der Waals surface area contributed by atoms with Gasteiger partial charge in [-0.25, -0.2) is 0 Å². The van der Waals surface area contributed by atoms with Crippen molar-refractivity contribution in [3.05, 3.63) is 72.3 Å². The molecule has 0 atom stereocenters. The van der Waals surface area contributed by atoms with Crippen molar-refractivity contribution in [2.24, 2.45) is 0 Å². The molecule has 0 aliphatic heterocycles. The van der Waals surface area contributed by atoms with Crippen LogP contribution in [0.4, 0.5) is 0 Å². The van der Waals surface area contributed by atoms with Crippen molar-refractivity contribution >= 4 is 49.4 Å². The summed E-state index contributed by atoms with van der Waals surface area (Å²) in [5.41, 5.74) is 0.637. The Hall–Kier alpha value is -3.59. The monoisotopic (exact) mass is 366 g/mol. The standard InChI is InChI=1S/C25H18O3/c1-27-24-19-11-7-15(14-26)13-21(19)23-20(25(24)28-2)12-10-17-9-8-16-5-3-4-6-18(16)22(17)23/h3-14H,1-2H3. The number of aldehydes is 1. The summed E-state index contributed by atoms with van der Waals surface area (Å²) in [5.74, 6) is 1.39. The molecule has 0 N–H and O–H groups in total. The van der Waals surface area contributed by atoms with Crippen molar-refractivity contribution < 1.29 is 14.3 Å². The van der Waals surface area contributed by atoms with Gasteiger partial charge in [-0.2, -0.15) is 0 Å². The largest absolute Gasteiger partial charge is 0.492 e. The highest BCUT2D eigenvalue weighted by Crippen LogP contribution is 2.47.